The highest BCUT2D eigenvalue weighted by Gasteiger charge is 2.13. The molecule has 0 unspecified atom stereocenters. The molecule has 0 atom stereocenters. The molecular weight excluding hydrogens is 504 g/mol. The molecule has 1 aliphatic heterocycles. The first-order valence-corrected chi connectivity index (χ1v) is 10.9. The molecule has 7 heteroatoms. The molecule has 0 aliphatic carbocycles. The van der Waals surface area contributed by atoms with Gasteiger partial charge in [-0.3, -0.25) is 4.90 Å². The van der Waals surface area contributed by atoms with Gasteiger partial charge < -0.3 is 15.5 Å². The molecule has 3 rings (SSSR count). The first-order valence-electron chi connectivity index (χ1n) is 10.9. The summed E-state index contributed by atoms with van der Waals surface area (Å²) in [6, 6.07) is 15.4. The Bertz CT molecular complexity index is 787. The lowest BCUT2D eigenvalue weighted by Crippen LogP contribution is -2.43. The molecule has 5 nitrogen and oxygen atoms in total. The van der Waals surface area contributed by atoms with Crippen molar-refractivity contribution in [2.24, 2.45) is 4.99 Å². The van der Waals surface area contributed by atoms with E-state index in [4.69, 9.17) is 4.99 Å². The third-order valence-corrected chi connectivity index (χ3v) is 5.41. The van der Waals surface area contributed by atoms with E-state index in [-0.39, 0.29) is 29.8 Å². The van der Waals surface area contributed by atoms with E-state index >= 15 is 0 Å². The lowest BCUT2D eigenvalue weighted by molar-refractivity contribution is 0.148. The molecule has 2 aromatic rings. The van der Waals surface area contributed by atoms with Crippen LogP contribution in [0.15, 0.2) is 53.5 Å². The second kappa shape index (κ2) is 13.6. The average molecular weight is 539 g/mol. The molecule has 1 saturated heterocycles. The summed E-state index contributed by atoms with van der Waals surface area (Å²) in [6.07, 6.45) is 0.825. The molecular formula is C24H35FIN5. The lowest BCUT2D eigenvalue weighted by Gasteiger charge is -2.32. The fraction of sp³-hybridized carbons (Fsp3) is 0.458. The number of halogens is 2. The molecule has 0 radical (unpaired) electrons. The van der Waals surface area contributed by atoms with E-state index in [9.17, 15) is 4.39 Å². The van der Waals surface area contributed by atoms with E-state index in [0.29, 0.717) is 6.54 Å². The van der Waals surface area contributed by atoms with Gasteiger partial charge in [0.05, 0.1) is 6.54 Å². The molecule has 1 aliphatic rings. The zero-order chi connectivity index (χ0) is 21.2. The van der Waals surface area contributed by atoms with E-state index < -0.39 is 0 Å². The third kappa shape index (κ3) is 9.13. The van der Waals surface area contributed by atoms with Crippen molar-refractivity contribution in [2.75, 3.05) is 46.3 Å². The van der Waals surface area contributed by atoms with Gasteiger partial charge in [0, 0.05) is 45.8 Å². The number of benzene rings is 2. The third-order valence-electron chi connectivity index (χ3n) is 5.41. The van der Waals surface area contributed by atoms with Crippen molar-refractivity contribution < 1.29 is 4.39 Å². The Balaban J connectivity index is 0.00000341. The fourth-order valence-electron chi connectivity index (χ4n) is 3.50. The second-order valence-corrected chi connectivity index (χ2v) is 7.89. The van der Waals surface area contributed by atoms with Gasteiger partial charge in [-0.1, -0.05) is 36.4 Å². The zero-order valence-corrected chi connectivity index (χ0v) is 20.9. The fourth-order valence-corrected chi connectivity index (χ4v) is 3.50. The highest BCUT2D eigenvalue weighted by Crippen LogP contribution is 2.10. The van der Waals surface area contributed by atoms with E-state index in [1.54, 1.807) is 0 Å². The number of rotatable bonds is 8. The van der Waals surface area contributed by atoms with Gasteiger partial charge >= 0.3 is 0 Å². The average Bonchev–Trinajstić information content (AvgIpc) is 2.76. The van der Waals surface area contributed by atoms with E-state index in [0.717, 1.165) is 63.8 Å². The normalized spacial score (nSPS) is 15.4. The van der Waals surface area contributed by atoms with Crippen LogP contribution in [0.5, 0.6) is 0 Å². The second-order valence-electron chi connectivity index (χ2n) is 7.89. The van der Waals surface area contributed by atoms with E-state index in [1.165, 1.54) is 23.3 Å². The van der Waals surface area contributed by atoms with Gasteiger partial charge in [0.1, 0.15) is 5.82 Å². The molecule has 1 heterocycles. The van der Waals surface area contributed by atoms with Gasteiger partial charge in [-0.05, 0) is 49.2 Å². The Morgan fingerprint density at radius 3 is 2.16 bits per heavy atom. The predicted octanol–water partition coefficient (Wildman–Crippen LogP) is 3.49. The first kappa shape index (κ1) is 25.5. The number of piperazine rings is 1. The summed E-state index contributed by atoms with van der Waals surface area (Å²) in [4.78, 5) is 9.60. The largest absolute Gasteiger partial charge is 0.357 e. The molecule has 31 heavy (non-hydrogen) atoms. The Kier molecular flexibility index (Phi) is 11.2. The lowest BCUT2D eigenvalue weighted by atomic mass is 10.1. The van der Waals surface area contributed by atoms with Gasteiger partial charge in [0.25, 0.3) is 0 Å². The molecule has 0 amide bonds. The Morgan fingerprint density at radius 1 is 0.903 bits per heavy atom. The summed E-state index contributed by atoms with van der Waals surface area (Å²) in [6.45, 7) is 9.85. The summed E-state index contributed by atoms with van der Waals surface area (Å²) < 4.78 is 13.0. The monoisotopic (exact) mass is 539 g/mol. The van der Waals surface area contributed by atoms with Crippen LogP contribution in [0, 0.1) is 5.82 Å². The topological polar surface area (TPSA) is 42.9 Å². The SMILES string of the molecule is CCNC(=NCc1ccc(CN2CCN(C)CC2)cc1)NCCc1ccc(F)cc1.I. The Hall–Kier alpha value is -1.71. The molecule has 0 bridgehead atoms. The molecule has 2 N–H and O–H groups in total. The highest BCUT2D eigenvalue weighted by atomic mass is 127. The van der Waals surface area contributed by atoms with Crippen LogP contribution in [0.2, 0.25) is 0 Å². The maximum atomic E-state index is 13.0. The van der Waals surface area contributed by atoms with Gasteiger partial charge in [-0.2, -0.15) is 0 Å². The van der Waals surface area contributed by atoms with Gasteiger partial charge in [0.15, 0.2) is 5.96 Å². The van der Waals surface area contributed by atoms with Crippen LogP contribution in [-0.4, -0.2) is 62.1 Å². The van der Waals surface area contributed by atoms with Crippen LogP contribution in [0.25, 0.3) is 0 Å². The Labute approximate surface area is 203 Å². The van der Waals surface area contributed by atoms with Crippen molar-refractivity contribution in [1.29, 1.82) is 0 Å². The number of likely N-dealkylation sites (N-methyl/N-ethyl adjacent to an activating group) is 1. The molecule has 170 valence electrons. The highest BCUT2D eigenvalue weighted by molar-refractivity contribution is 14.0. The van der Waals surface area contributed by atoms with Crippen LogP contribution in [-0.2, 0) is 19.5 Å². The smallest absolute Gasteiger partial charge is 0.191 e. The van der Waals surface area contributed by atoms with E-state index in [2.05, 4.69) is 58.7 Å². The number of nitrogens with one attached hydrogen (secondary N) is 2. The van der Waals surface area contributed by atoms with E-state index in [1.807, 2.05) is 12.1 Å². The van der Waals surface area contributed by atoms with Crippen molar-refractivity contribution >= 4 is 29.9 Å². The van der Waals surface area contributed by atoms with Crippen molar-refractivity contribution in [3.63, 3.8) is 0 Å². The molecule has 0 saturated carbocycles. The summed E-state index contributed by atoms with van der Waals surface area (Å²) >= 11 is 0. The van der Waals surface area contributed by atoms with Gasteiger partial charge in [-0.25, -0.2) is 9.38 Å². The molecule has 1 fully saturated rings. The van der Waals surface area contributed by atoms with Crippen LogP contribution in [0.3, 0.4) is 0 Å². The first-order chi connectivity index (χ1) is 14.6. The summed E-state index contributed by atoms with van der Waals surface area (Å²) in [5.41, 5.74) is 3.67. The van der Waals surface area contributed by atoms with Crippen LogP contribution in [0.4, 0.5) is 4.39 Å². The maximum Gasteiger partial charge on any atom is 0.191 e. The summed E-state index contributed by atoms with van der Waals surface area (Å²) in [5.74, 6) is 0.609. The van der Waals surface area contributed by atoms with Crippen LogP contribution in [0.1, 0.15) is 23.6 Å². The summed E-state index contributed by atoms with van der Waals surface area (Å²) in [7, 11) is 2.19. The molecule has 0 spiro atoms. The van der Waals surface area contributed by atoms with Crippen molar-refractivity contribution in [3.8, 4) is 0 Å². The maximum absolute atomic E-state index is 13.0. The Morgan fingerprint density at radius 2 is 1.52 bits per heavy atom. The number of nitrogens with zero attached hydrogens (tertiary/aromatic N) is 3. The summed E-state index contributed by atoms with van der Waals surface area (Å²) in [5, 5.41) is 6.64. The number of hydrogen-bond acceptors (Lipinski definition) is 3. The number of aliphatic imine (C=N–C) groups is 1. The van der Waals surface area contributed by atoms with Crippen molar-refractivity contribution in [3.05, 3.63) is 71.0 Å². The van der Waals surface area contributed by atoms with Crippen LogP contribution >= 0.6 is 24.0 Å². The molecule has 0 aromatic heterocycles. The van der Waals surface area contributed by atoms with Crippen molar-refractivity contribution in [1.82, 2.24) is 20.4 Å². The standard InChI is InChI=1S/C24H34FN5.HI/c1-3-26-24(27-13-12-20-8-10-23(25)11-9-20)28-18-21-4-6-22(7-5-21)19-30-16-14-29(2)15-17-30;/h4-11H,3,12-19H2,1-2H3,(H2,26,27,28);1H. The minimum atomic E-state index is -0.198. The quantitative estimate of drug-likeness (QED) is 0.307. The zero-order valence-electron chi connectivity index (χ0n) is 18.6. The minimum absolute atomic E-state index is 0. The van der Waals surface area contributed by atoms with Gasteiger partial charge in [0.2, 0.25) is 0 Å². The van der Waals surface area contributed by atoms with Gasteiger partial charge in [-0.15, -0.1) is 24.0 Å². The van der Waals surface area contributed by atoms with Crippen molar-refractivity contribution in [2.45, 2.75) is 26.4 Å². The number of guanidine groups is 1. The van der Waals surface area contributed by atoms with Crippen LogP contribution < -0.4 is 10.6 Å². The minimum Gasteiger partial charge on any atom is -0.357 e. The molecule has 2 aromatic carbocycles. The predicted molar refractivity (Wildman–Crippen MR) is 138 cm³/mol. The number of hydrogen-bond donors (Lipinski definition) is 2.